The van der Waals surface area contributed by atoms with E-state index < -0.39 is 0 Å². The van der Waals surface area contributed by atoms with Gasteiger partial charge in [-0.1, -0.05) is 23.7 Å². The molecule has 27 heavy (non-hydrogen) atoms. The van der Waals surface area contributed by atoms with Gasteiger partial charge in [-0.3, -0.25) is 9.59 Å². The van der Waals surface area contributed by atoms with Crippen LogP contribution in [0.2, 0.25) is 5.02 Å². The molecule has 1 fully saturated rings. The third-order valence-corrected chi connectivity index (χ3v) is 5.78. The molecule has 140 valence electrons. The molecule has 1 aliphatic rings. The summed E-state index contributed by atoms with van der Waals surface area (Å²) in [6.07, 6.45) is 4.51. The third-order valence-electron chi connectivity index (χ3n) is 5.52. The van der Waals surface area contributed by atoms with Crippen LogP contribution < -0.4 is 5.56 Å². The number of pyridine rings is 1. The number of amides is 1. The van der Waals surface area contributed by atoms with E-state index in [1.165, 1.54) is 5.56 Å². The van der Waals surface area contributed by atoms with E-state index >= 15 is 0 Å². The molecule has 0 radical (unpaired) electrons. The minimum absolute atomic E-state index is 0.0697. The van der Waals surface area contributed by atoms with Crippen LogP contribution in [0.4, 0.5) is 0 Å². The van der Waals surface area contributed by atoms with Gasteiger partial charge in [-0.05, 0) is 36.6 Å². The minimum Gasteiger partial charge on any atom is -0.349 e. The Bertz CT molecular complexity index is 1100. The first-order valence-corrected chi connectivity index (χ1v) is 9.44. The van der Waals surface area contributed by atoms with Crippen LogP contribution in [0.5, 0.6) is 0 Å². The highest BCUT2D eigenvalue weighted by molar-refractivity contribution is 6.30. The zero-order valence-electron chi connectivity index (χ0n) is 15.7. The van der Waals surface area contributed by atoms with Crippen LogP contribution in [0.15, 0.2) is 41.5 Å². The molecule has 1 saturated heterocycles. The van der Waals surface area contributed by atoms with E-state index in [2.05, 4.69) is 0 Å². The van der Waals surface area contributed by atoms with Gasteiger partial charge in [0.05, 0.1) is 16.5 Å². The molecule has 0 N–H and O–H groups in total. The quantitative estimate of drug-likeness (QED) is 0.680. The fourth-order valence-corrected chi connectivity index (χ4v) is 4.32. The molecule has 4 rings (SSSR count). The van der Waals surface area contributed by atoms with Crippen molar-refractivity contribution in [3.05, 3.63) is 68.7 Å². The van der Waals surface area contributed by atoms with Crippen molar-refractivity contribution in [2.45, 2.75) is 19.3 Å². The number of hydrogen-bond acceptors (Lipinski definition) is 2. The van der Waals surface area contributed by atoms with Gasteiger partial charge in [0, 0.05) is 50.5 Å². The Morgan fingerprint density at radius 3 is 2.52 bits per heavy atom. The molecule has 0 spiro atoms. The van der Waals surface area contributed by atoms with E-state index in [1.54, 1.807) is 17.8 Å². The van der Waals surface area contributed by atoms with Crippen LogP contribution in [0.3, 0.4) is 0 Å². The standard InChI is InChI=1S/C21H22ClN3O2/c1-13-10-24(3)21(27)18-17(12-23(2)19(13)18)20(26)25-9-8-15(11-25)14-4-6-16(22)7-5-14/h4-7,10,12,15H,8-9,11H2,1-3H3. The number of hydrogen-bond donors (Lipinski definition) is 0. The molecule has 2 aromatic heterocycles. The topological polar surface area (TPSA) is 47.2 Å². The second-order valence-electron chi connectivity index (χ2n) is 7.39. The predicted octanol–water partition coefficient (Wildman–Crippen LogP) is 3.47. The molecule has 1 aliphatic heterocycles. The lowest BCUT2D eigenvalue weighted by molar-refractivity contribution is 0.0792. The fraction of sp³-hybridized carbons (Fsp3) is 0.333. The molecule has 1 atom stereocenters. The molecular weight excluding hydrogens is 362 g/mol. The summed E-state index contributed by atoms with van der Waals surface area (Å²) in [5.74, 6) is 0.227. The van der Waals surface area contributed by atoms with E-state index in [-0.39, 0.29) is 11.5 Å². The second-order valence-corrected chi connectivity index (χ2v) is 7.83. The normalized spacial score (nSPS) is 17.0. The maximum atomic E-state index is 13.2. The van der Waals surface area contributed by atoms with Gasteiger partial charge in [-0.25, -0.2) is 0 Å². The summed E-state index contributed by atoms with van der Waals surface area (Å²) in [6.45, 7) is 3.31. The van der Waals surface area contributed by atoms with Gasteiger partial charge in [-0.15, -0.1) is 0 Å². The highest BCUT2D eigenvalue weighted by Gasteiger charge is 2.30. The molecule has 0 saturated carbocycles. The monoisotopic (exact) mass is 383 g/mol. The first-order valence-electron chi connectivity index (χ1n) is 9.07. The number of carbonyl (C=O) groups is 1. The number of carbonyl (C=O) groups excluding carboxylic acids is 1. The lowest BCUT2D eigenvalue weighted by Crippen LogP contribution is -2.29. The average molecular weight is 384 g/mol. The summed E-state index contributed by atoms with van der Waals surface area (Å²) in [4.78, 5) is 27.8. The molecule has 0 aliphatic carbocycles. The Labute approximate surface area is 162 Å². The summed E-state index contributed by atoms with van der Waals surface area (Å²) in [7, 11) is 3.61. The lowest BCUT2D eigenvalue weighted by atomic mass is 9.99. The number of likely N-dealkylation sites (tertiary alicyclic amines) is 1. The molecule has 5 nitrogen and oxygen atoms in total. The van der Waals surface area contributed by atoms with Crippen LogP contribution in [-0.2, 0) is 14.1 Å². The van der Waals surface area contributed by atoms with Gasteiger partial charge in [0.25, 0.3) is 11.5 Å². The SMILES string of the molecule is Cc1cn(C)c(=O)c2c(C(=O)N3CCC(c4ccc(Cl)cc4)C3)cn(C)c12. The Hall–Kier alpha value is -2.53. The molecule has 3 aromatic rings. The van der Waals surface area contributed by atoms with Crippen molar-refractivity contribution in [3.8, 4) is 0 Å². The Morgan fingerprint density at radius 2 is 1.81 bits per heavy atom. The number of fused-ring (bicyclic) bond motifs is 1. The number of aryl methyl sites for hydroxylation is 3. The van der Waals surface area contributed by atoms with Gasteiger partial charge in [0.15, 0.2) is 0 Å². The van der Waals surface area contributed by atoms with Gasteiger partial charge < -0.3 is 14.0 Å². The Balaban J connectivity index is 1.68. The van der Waals surface area contributed by atoms with Gasteiger partial charge >= 0.3 is 0 Å². The van der Waals surface area contributed by atoms with Crippen molar-refractivity contribution < 1.29 is 4.79 Å². The number of benzene rings is 1. The van der Waals surface area contributed by atoms with Gasteiger partial charge in [0.1, 0.15) is 0 Å². The van der Waals surface area contributed by atoms with E-state index in [0.29, 0.717) is 35.0 Å². The summed E-state index contributed by atoms with van der Waals surface area (Å²) in [5.41, 5.74) is 3.37. The fourth-order valence-electron chi connectivity index (χ4n) is 4.19. The van der Waals surface area contributed by atoms with Crippen LogP contribution in [-0.4, -0.2) is 33.0 Å². The highest BCUT2D eigenvalue weighted by Crippen LogP contribution is 2.30. The van der Waals surface area contributed by atoms with Gasteiger partial charge in [0.2, 0.25) is 0 Å². The number of aromatic nitrogens is 2. The number of rotatable bonds is 2. The summed E-state index contributed by atoms with van der Waals surface area (Å²) >= 11 is 5.98. The van der Waals surface area contributed by atoms with Crippen LogP contribution in [0.25, 0.3) is 10.9 Å². The summed E-state index contributed by atoms with van der Waals surface area (Å²) in [6, 6.07) is 7.83. The van der Waals surface area contributed by atoms with Crippen molar-refractivity contribution in [2.24, 2.45) is 14.1 Å². The zero-order chi connectivity index (χ0) is 19.3. The smallest absolute Gasteiger partial charge is 0.260 e. The Kier molecular flexibility index (Phi) is 4.35. The Morgan fingerprint density at radius 1 is 1.11 bits per heavy atom. The van der Waals surface area contributed by atoms with Crippen molar-refractivity contribution in [1.82, 2.24) is 14.0 Å². The summed E-state index contributed by atoms with van der Waals surface area (Å²) < 4.78 is 3.43. The van der Waals surface area contributed by atoms with Crippen molar-refractivity contribution >= 4 is 28.4 Å². The van der Waals surface area contributed by atoms with Crippen LogP contribution >= 0.6 is 11.6 Å². The second kappa shape index (κ2) is 6.57. The van der Waals surface area contributed by atoms with E-state index in [9.17, 15) is 9.59 Å². The van der Waals surface area contributed by atoms with E-state index in [4.69, 9.17) is 11.6 Å². The molecule has 0 bridgehead atoms. The van der Waals surface area contributed by atoms with Crippen molar-refractivity contribution in [1.29, 1.82) is 0 Å². The van der Waals surface area contributed by atoms with E-state index in [1.807, 2.05) is 53.9 Å². The minimum atomic E-state index is -0.131. The largest absolute Gasteiger partial charge is 0.349 e. The average Bonchev–Trinajstić information content (AvgIpc) is 3.25. The van der Waals surface area contributed by atoms with Gasteiger partial charge in [-0.2, -0.15) is 0 Å². The number of halogens is 1. The van der Waals surface area contributed by atoms with E-state index in [0.717, 1.165) is 17.5 Å². The maximum Gasteiger partial charge on any atom is 0.260 e. The molecule has 3 heterocycles. The maximum absolute atomic E-state index is 13.2. The molecular formula is C21H22ClN3O2. The number of nitrogens with zero attached hydrogens (tertiary/aromatic N) is 3. The molecule has 6 heteroatoms. The molecule has 1 unspecified atom stereocenters. The first-order chi connectivity index (χ1) is 12.9. The summed E-state index contributed by atoms with van der Waals surface area (Å²) in [5, 5.41) is 1.23. The van der Waals surface area contributed by atoms with Crippen LogP contribution in [0, 0.1) is 6.92 Å². The highest BCUT2D eigenvalue weighted by atomic mass is 35.5. The van der Waals surface area contributed by atoms with Crippen molar-refractivity contribution in [3.63, 3.8) is 0 Å². The predicted molar refractivity (Wildman–Crippen MR) is 108 cm³/mol. The van der Waals surface area contributed by atoms with Crippen LogP contribution in [0.1, 0.15) is 33.8 Å². The van der Waals surface area contributed by atoms with Crippen molar-refractivity contribution in [2.75, 3.05) is 13.1 Å². The molecule has 1 aromatic carbocycles. The third kappa shape index (κ3) is 2.96. The molecule has 1 amide bonds. The zero-order valence-corrected chi connectivity index (χ0v) is 16.5. The lowest BCUT2D eigenvalue weighted by Gasteiger charge is -2.16. The first kappa shape index (κ1) is 17.9.